The number of hydrogen-bond donors (Lipinski definition) is 2. The molecule has 1 rings (SSSR count). The molecule has 76 valence electrons. The lowest BCUT2D eigenvalue weighted by atomic mass is 10.1. The first kappa shape index (κ1) is 10.4. The Kier molecular flexibility index (Phi) is 3.34. The van der Waals surface area contributed by atoms with Crippen LogP contribution in [0.15, 0.2) is 18.2 Å². The van der Waals surface area contributed by atoms with Crippen LogP contribution in [0.1, 0.15) is 12.5 Å². The number of esters is 1. The summed E-state index contributed by atoms with van der Waals surface area (Å²) in [5.74, 6) is -0.305. The van der Waals surface area contributed by atoms with Crippen LogP contribution in [0, 0.1) is 0 Å². The third kappa shape index (κ3) is 2.65. The van der Waals surface area contributed by atoms with Crippen LogP contribution in [0.2, 0.25) is 0 Å². The summed E-state index contributed by atoms with van der Waals surface area (Å²) < 4.78 is 4.75. The molecule has 1 aromatic carbocycles. The Hall–Kier alpha value is -1.71. The Bertz CT molecular complexity index is 336. The first-order chi connectivity index (χ1) is 6.63. The molecule has 14 heavy (non-hydrogen) atoms. The number of nitrogen functional groups attached to an aromatic ring is 1. The zero-order valence-corrected chi connectivity index (χ0v) is 7.99. The number of aromatic hydroxyl groups is 1. The molecule has 0 fully saturated rings. The van der Waals surface area contributed by atoms with Crippen molar-refractivity contribution in [3.05, 3.63) is 23.8 Å². The number of anilines is 1. The standard InChI is InChI=1S/C10H13NO3/c1-2-14-10(13)6-7-5-8(11)3-4-9(7)12/h3-5,12H,2,6,11H2,1H3. The smallest absolute Gasteiger partial charge is 0.310 e. The van der Waals surface area contributed by atoms with Gasteiger partial charge in [-0.2, -0.15) is 0 Å². The van der Waals surface area contributed by atoms with Gasteiger partial charge in [0.05, 0.1) is 13.0 Å². The van der Waals surface area contributed by atoms with Crippen molar-refractivity contribution in [3.8, 4) is 5.75 Å². The number of nitrogens with two attached hydrogens (primary N) is 1. The zero-order chi connectivity index (χ0) is 10.6. The molecular formula is C10H13NO3. The van der Waals surface area contributed by atoms with Crippen molar-refractivity contribution < 1.29 is 14.6 Å². The van der Waals surface area contributed by atoms with Crippen LogP contribution >= 0.6 is 0 Å². The summed E-state index contributed by atoms with van der Waals surface area (Å²) >= 11 is 0. The second kappa shape index (κ2) is 4.50. The summed E-state index contributed by atoms with van der Waals surface area (Å²) in [6.07, 6.45) is 0.0463. The lowest BCUT2D eigenvalue weighted by Gasteiger charge is -2.05. The molecular weight excluding hydrogens is 182 g/mol. The number of ether oxygens (including phenoxy) is 1. The number of phenolic OH excluding ortho intramolecular Hbond substituents is 1. The lowest BCUT2D eigenvalue weighted by Crippen LogP contribution is -2.07. The van der Waals surface area contributed by atoms with Gasteiger partial charge in [-0.3, -0.25) is 4.79 Å². The Morgan fingerprint density at radius 2 is 2.29 bits per heavy atom. The minimum Gasteiger partial charge on any atom is -0.508 e. The molecule has 4 nitrogen and oxygen atoms in total. The van der Waals surface area contributed by atoms with Crippen molar-refractivity contribution in [3.63, 3.8) is 0 Å². The third-order valence-corrected chi connectivity index (χ3v) is 1.74. The Morgan fingerprint density at radius 1 is 1.57 bits per heavy atom. The van der Waals surface area contributed by atoms with Crippen LogP contribution in [0.25, 0.3) is 0 Å². The summed E-state index contributed by atoms with van der Waals surface area (Å²) in [6.45, 7) is 2.07. The average molecular weight is 195 g/mol. The number of benzene rings is 1. The van der Waals surface area contributed by atoms with E-state index in [0.717, 1.165) is 0 Å². The average Bonchev–Trinajstić information content (AvgIpc) is 2.12. The van der Waals surface area contributed by atoms with Crippen LogP contribution in [-0.2, 0) is 16.0 Å². The number of hydrogen-bond acceptors (Lipinski definition) is 4. The first-order valence-electron chi connectivity index (χ1n) is 4.36. The highest BCUT2D eigenvalue weighted by Gasteiger charge is 2.08. The van der Waals surface area contributed by atoms with Crippen molar-refractivity contribution >= 4 is 11.7 Å². The molecule has 0 aromatic heterocycles. The molecule has 0 atom stereocenters. The van der Waals surface area contributed by atoms with E-state index in [9.17, 15) is 9.90 Å². The summed E-state index contributed by atoms with van der Waals surface area (Å²) in [5.41, 5.74) is 6.52. The van der Waals surface area contributed by atoms with E-state index in [-0.39, 0.29) is 18.1 Å². The summed E-state index contributed by atoms with van der Waals surface area (Å²) in [5, 5.41) is 9.39. The largest absolute Gasteiger partial charge is 0.508 e. The van der Waals surface area contributed by atoms with E-state index < -0.39 is 0 Å². The van der Waals surface area contributed by atoms with E-state index in [2.05, 4.69) is 0 Å². The van der Waals surface area contributed by atoms with E-state index >= 15 is 0 Å². The first-order valence-corrected chi connectivity index (χ1v) is 4.36. The fourth-order valence-corrected chi connectivity index (χ4v) is 1.11. The number of carbonyl (C=O) groups excluding carboxylic acids is 1. The van der Waals surface area contributed by atoms with Crippen molar-refractivity contribution in [2.75, 3.05) is 12.3 Å². The molecule has 0 saturated heterocycles. The van der Waals surface area contributed by atoms with Crippen molar-refractivity contribution in [2.45, 2.75) is 13.3 Å². The van der Waals surface area contributed by atoms with Gasteiger partial charge in [-0.15, -0.1) is 0 Å². The lowest BCUT2D eigenvalue weighted by molar-refractivity contribution is -0.142. The zero-order valence-electron chi connectivity index (χ0n) is 7.99. The maximum atomic E-state index is 11.1. The highest BCUT2D eigenvalue weighted by Crippen LogP contribution is 2.20. The van der Waals surface area contributed by atoms with Gasteiger partial charge in [0, 0.05) is 11.3 Å². The highest BCUT2D eigenvalue weighted by atomic mass is 16.5. The highest BCUT2D eigenvalue weighted by molar-refractivity contribution is 5.74. The fourth-order valence-electron chi connectivity index (χ4n) is 1.11. The van der Waals surface area contributed by atoms with Gasteiger partial charge in [0.25, 0.3) is 0 Å². The van der Waals surface area contributed by atoms with Crippen molar-refractivity contribution in [1.82, 2.24) is 0 Å². The van der Waals surface area contributed by atoms with Gasteiger partial charge >= 0.3 is 5.97 Å². The molecule has 0 spiro atoms. The Morgan fingerprint density at radius 3 is 2.93 bits per heavy atom. The molecule has 0 bridgehead atoms. The van der Waals surface area contributed by atoms with E-state index in [1.54, 1.807) is 19.1 Å². The van der Waals surface area contributed by atoms with E-state index in [1.165, 1.54) is 6.07 Å². The van der Waals surface area contributed by atoms with Crippen LogP contribution in [0.4, 0.5) is 5.69 Å². The maximum absolute atomic E-state index is 11.1. The number of phenols is 1. The predicted octanol–water partition coefficient (Wildman–Crippen LogP) is 1.08. The second-order valence-corrected chi connectivity index (χ2v) is 2.87. The van der Waals surface area contributed by atoms with Gasteiger partial charge in [-0.05, 0) is 25.1 Å². The summed E-state index contributed by atoms with van der Waals surface area (Å²) in [4.78, 5) is 11.1. The minimum atomic E-state index is -0.367. The van der Waals surface area contributed by atoms with Crippen LogP contribution < -0.4 is 5.73 Å². The Balaban J connectivity index is 2.75. The monoisotopic (exact) mass is 195 g/mol. The molecule has 0 radical (unpaired) electrons. The molecule has 3 N–H and O–H groups in total. The van der Waals surface area contributed by atoms with Gasteiger partial charge in [-0.25, -0.2) is 0 Å². The normalized spacial score (nSPS) is 9.79. The van der Waals surface area contributed by atoms with Gasteiger partial charge in [-0.1, -0.05) is 0 Å². The van der Waals surface area contributed by atoms with Crippen molar-refractivity contribution in [1.29, 1.82) is 0 Å². The molecule has 0 amide bonds. The summed E-state index contributed by atoms with van der Waals surface area (Å²) in [7, 11) is 0. The van der Waals surface area contributed by atoms with E-state index in [0.29, 0.717) is 17.9 Å². The van der Waals surface area contributed by atoms with Gasteiger partial charge < -0.3 is 15.6 Å². The maximum Gasteiger partial charge on any atom is 0.310 e. The molecule has 4 heteroatoms. The molecule has 0 unspecified atom stereocenters. The molecule has 0 saturated carbocycles. The third-order valence-electron chi connectivity index (χ3n) is 1.74. The Labute approximate surface area is 82.3 Å². The quantitative estimate of drug-likeness (QED) is 0.430. The second-order valence-electron chi connectivity index (χ2n) is 2.87. The molecule has 0 aliphatic carbocycles. The number of carbonyl (C=O) groups is 1. The van der Waals surface area contributed by atoms with Gasteiger partial charge in [0.1, 0.15) is 5.75 Å². The van der Waals surface area contributed by atoms with Gasteiger partial charge in [0.15, 0.2) is 0 Å². The molecule has 0 aliphatic heterocycles. The molecule has 0 aliphatic rings. The van der Waals surface area contributed by atoms with Crippen molar-refractivity contribution in [2.24, 2.45) is 0 Å². The van der Waals surface area contributed by atoms with E-state index in [4.69, 9.17) is 10.5 Å². The van der Waals surface area contributed by atoms with E-state index in [1.807, 2.05) is 0 Å². The number of rotatable bonds is 3. The van der Waals surface area contributed by atoms with Crippen LogP contribution in [-0.4, -0.2) is 17.7 Å². The topological polar surface area (TPSA) is 72.5 Å². The summed E-state index contributed by atoms with van der Waals surface area (Å²) in [6, 6.07) is 4.60. The molecule has 0 heterocycles. The predicted molar refractivity (Wildman–Crippen MR) is 52.9 cm³/mol. The van der Waals surface area contributed by atoms with Crippen LogP contribution in [0.5, 0.6) is 5.75 Å². The minimum absolute atomic E-state index is 0.0463. The van der Waals surface area contributed by atoms with Gasteiger partial charge in [0.2, 0.25) is 0 Å². The molecule has 1 aromatic rings. The SMILES string of the molecule is CCOC(=O)Cc1cc(N)ccc1O. The van der Waals surface area contributed by atoms with Crippen LogP contribution in [0.3, 0.4) is 0 Å². The fraction of sp³-hybridized carbons (Fsp3) is 0.300.